The van der Waals surface area contributed by atoms with Gasteiger partial charge in [-0.05, 0) is 54.0 Å². The van der Waals surface area contributed by atoms with E-state index in [0.29, 0.717) is 50.4 Å². The maximum absolute atomic E-state index is 15.2. The van der Waals surface area contributed by atoms with Gasteiger partial charge in [0.25, 0.3) is 0 Å². The van der Waals surface area contributed by atoms with Crippen molar-refractivity contribution in [1.82, 2.24) is 19.6 Å². The van der Waals surface area contributed by atoms with Gasteiger partial charge in [0, 0.05) is 43.4 Å². The summed E-state index contributed by atoms with van der Waals surface area (Å²) in [7, 11) is 0. The quantitative estimate of drug-likeness (QED) is 0.272. The first-order chi connectivity index (χ1) is 20.9. The molecule has 224 valence electrons. The van der Waals surface area contributed by atoms with Crippen LogP contribution in [0.4, 0.5) is 8.78 Å². The molecule has 1 aromatic carbocycles. The second-order valence-corrected chi connectivity index (χ2v) is 11.4. The van der Waals surface area contributed by atoms with Crippen LogP contribution in [0.25, 0.3) is 16.8 Å². The molecule has 0 spiro atoms. The van der Waals surface area contributed by atoms with Crippen LogP contribution < -0.4 is 10.5 Å². The largest absolute Gasteiger partial charge is 0.488 e. The molecular formula is C32H34F2N6O3. The van der Waals surface area contributed by atoms with E-state index >= 15 is 8.78 Å². The summed E-state index contributed by atoms with van der Waals surface area (Å²) >= 11 is 0. The lowest BCUT2D eigenvalue weighted by Gasteiger charge is -2.39. The molecule has 6 rings (SSSR count). The number of ether oxygens (including phenoxy) is 3. The lowest BCUT2D eigenvalue weighted by Crippen LogP contribution is -2.46. The second kappa shape index (κ2) is 12.7. The van der Waals surface area contributed by atoms with Crippen LogP contribution in [0.15, 0.2) is 48.9 Å². The Morgan fingerprint density at radius 3 is 2.74 bits per heavy atom. The van der Waals surface area contributed by atoms with Crippen LogP contribution in [-0.4, -0.2) is 57.7 Å². The summed E-state index contributed by atoms with van der Waals surface area (Å²) in [5.41, 5.74) is 9.32. The van der Waals surface area contributed by atoms with Gasteiger partial charge in [0.15, 0.2) is 0 Å². The van der Waals surface area contributed by atoms with Gasteiger partial charge in [-0.2, -0.15) is 10.4 Å². The molecule has 9 nitrogen and oxygen atoms in total. The summed E-state index contributed by atoms with van der Waals surface area (Å²) in [6, 6.07) is 9.69. The fourth-order valence-electron chi connectivity index (χ4n) is 6.35. The Kier molecular flexibility index (Phi) is 8.61. The summed E-state index contributed by atoms with van der Waals surface area (Å²) in [6.07, 6.45) is 8.08. The minimum atomic E-state index is -0.755. The number of nitrogens with two attached hydrogens (primary N) is 1. The third kappa shape index (κ3) is 6.22. The molecule has 0 bridgehead atoms. The first-order valence-corrected chi connectivity index (χ1v) is 14.7. The van der Waals surface area contributed by atoms with E-state index in [0.717, 1.165) is 24.0 Å². The van der Waals surface area contributed by atoms with Crippen LogP contribution in [0.1, 0.15) is 55.5 Å². The first-order valence-electron chi connectivity index (χ1n) is 14.7. The predicted molar refractivity (Wildman–Crippen MR) is 154 cm³/mol. The van der Waals surface area contributed by atoms with Gasteiger partial charge in [-0.15, -0.1) is 0 Å². The zero-order valence-corrected chi connectivity index (χ0v) is 24.0. The molecule has 2 aliphatic rings. The number of nitriles is 1. The van der Waals surface area contributed by atoms with E-state index in [9.17, 15) is 0 Å². The van der Waals surface area contributed by atoms with Gasteiger partial charge in [-0.25, -0.2) is 18.3 Å². The number of halogens is 2. The molecular weight excluding hydrogens is 554 g/mol. The monoisotopic (exact) mass is 588 g/mol. The molecule has 2 N–H and O–H groups in total. The molecule has 11 heteroatoms. The molecule has 1 aliphatic carbocycles. The van der Waals surface area contributed by atoms with E-state index in [1.54, 1.807) is 29.0 Å². The van der Waals surface area contributed by atoms with Crippen LogP contribution in [0.3, 0.4) is 0 Å². The molecule has 4 heterocycles. The van der Waals surface area contributed by atoms with Crippen LogP contribution in [0.5, 0.6) is 5.75 Å². The van der Waals surface area contributed by atoms with Gasteiger partial charge in [-0.3, -0.25) is 4.98 Å². The number of nitrogens with zero attached hydrogens (tertiary/aromatic N) is 5. The van der Waals surface area contributed by atoms with Crippen LogP contribution >= 0.6 is 0 Å². The summed E-state index contributed by atoms with van der Waals surface area (Å²) in [5.74, 6) is -0.339. The first kappa shape index (κ1) is 29.1. The van der Waals surface area contributed by atoms with Crippen LogP contribution in [0.2, 0.25) is 0 Å². The zero-order valence-electron chi connectivity index (χ0n) is 24.0. The van der Waals surface area contributed by atoms with Crippen molar-refractivity contribution in [2.45, 2.75) is 63.2 Å². The van der Waals surface area contributed by atoms with E-state index < -0.39 is 11.6 Å². The number of hydrogen-bond donors (Lipinski definition) is 1. The maximum Gasteiger partial charge on any atom is 0.139 e. The number of aromatic nitrogens is 4. The van der Waals surface area contributed by atoms with Crippen molar-refractivity contribution in [3.63, 3.8) is 0 Å². The van der Waals surface area contributed by atoms with Gasteiger partial charge in [0.05, 0.1) is 61.4 Å². The van der Waals surface area contributed by atoms with Gasteiger partial charge in [-0.1, -0.05) is 6.92 Å². The summed E-state index contributed by atoms with van der Waals surface area (Å²) < 4.78 is 49.0. The zero-order chi connectivity index (χ0) is 29.9. The Balaban J connectivity index is 1.24. The van der Waals surface area contributed by atoms with Crippen molar-refractivity contribution in [2.75, 3.05) is 19.8 Å². The highest BCUT2D eigenvalue weighted by Crippen LogP contribution is 2.39. The molecule has 0 radical (unpaired) electrons. The number of pyridine rings is 1. The molecule has 0 amide bonds. The van der Waals surface area contributed by atoms with Crippen molar-refractivity contribution in [3.05, 3.63) is 77.5 Å². The number of benzene rings is 1. The average Bonchev–Trinajstić information content (AvgIpc) is 3.64. The summed E-state index contributed by atoms with van der Waals surface area (Å²) in [5, 5.41) is 13.5. The fraction of sp³-hybridized carbons (Fsp3) is 0.438. The van der Waals surface area contributed by atoms with E-state index in [2.05, 4.69) is 28.1 Å². The standard InChI is InChI=1S/C32H34F2N6O3/c1-19-11-20(12-28(36)32(19)42-9-2-7-35)25-5-8-37-16-21(25)13-30-38-17-22-3-4-29(39-40(22)30)31-26(33)14-24(15-27(31)34)43-23-6-10-41-18-23/h3-5,8,14-17,19-20,23,28,32H,2,6,9-13,18,36H2,1H3/t19-,20+,23?,28+,32-/m0/s1. The van der Waals surface area contributed by atoms with Crippen molar-refractivity contribution in [3.8, 4) is 23.1 Å². The molecule has 1 saturated heterocycles. The minimum Gasteiger partial charge on any atom is -0.488 e. The average molecular weight is 589 g/mol. The molecule has 1 saturated carbocycles. The highest BCUT2D eigenvalue weighted by atomic mass is 19.1. The molecule has 3 aromatic heterocycles. The molecule has 2 fully saturated rings. The highest BCUT2D eigenvalue weighted by molar-refractivity contribution is 5.64. The Morgan fingerprint density at radius 2 is 2.00 bits per heavy atom. The Labute approximate surface area is 248 Å². The Morgan fingerprint density at radius 1 is 1.16 bits per heavy atom. The number of hydrogen-bond acceptors (Lipinski definition) is 8. The highest BCUT2D eigenvalue weighted by Gasteiger charge is 2.35. The molecule has 1 aliphatic heterocycles. The van der Waals surface area contributed by atoms with E-state index in [1.165, 1.54) is 12.1 Å². The fourth-order valence-corrected chi connectivity index (χ4v) is 6.35. The summed E-state index contributed by atoms with van der Waals surface area (Å²) in [6.45, 7) is 3.49. The van der Waals surface area contributed by atoms with Gasteiger partial charge in [0.1, 0.15) is 29.3 Å². The van der Waals surface area contributed by atoms with E-state index in [1.807, 2.05) is 12.3 Å². The lowest BCUT2D eigenvalue weighted by atomic mass is 9.73. The van der Waals surface area contributed by atoms with E-state index in [4.69, 9.17) is 25.2 Å². The SMILES string of the molecule is C[C@H]1C[C@@H](c2ccncc2Cc2ncc3ccc(-c4c(F)cc(OC5CCOC5)cc4F)nn23)C[C@@H](N)[C@H]1OCCC#N. The molecule has 1 unspecified atom stereocenters. The maximum atomic E-state index is 15.2. The van der Waals surface area contributed by atoms with Crippen molar-refractivity contribution >= 4 is 5.52 Å². The van der Waals surface area contributed by atoms with E-state index in [-0.39, 0.29) is 47.1 Å². The summed E-state index contributed by atoms with van der Waals surface area (Å²) in [4.78, 5) is 8.97. The third-order valence-electron chi connectivity index (χ3n) is 8.37. The second-order valence-electron chi connectivity index (χ2n) is 11.4. The van der Waals surface area contributed by atoms with Gasteiger partial charge < -0.3 is 19.9 Å². The lowest BCUT2D eigenvalue weighted by molar-refractivity contribution is -0.0199. The molecule has 5 atom stereocenters. The Hall–Kier alpha value is -3.98. The van der Waals surface area contributed by atoms with Crippen molar-refractivity contribution < 1.29 is 23.0 Å². The smallest absolute Gasteiger partial charge is 0.139 e. The molecule has 43 heavy (non-hydrogen) atoms. The topological polar surface area (TPSA) is 121 Å². The predicted octanol–water partition coefficient (Wildman–Crippen LogP) is 4.97. The third-order valence-corrected chi connectivity index (χ3v) is 8.37. The van der Waals surface area contributed by atoms with Crippen molar-refractivity contribution in [2.24, 2.45) is 11.7 Å². The number of rotatable bonds is 9. The van der Waals surface area contributed by atoms with Crippen LogP contribution in [0, 0.1) is 28.9 Å². The normalized spacial score (nSPS) is 23.8. The number of fused-ring (bicyclic) bond motifs is 1. The Bertz CT molecular complexity index is 1600. The van der Waals surface area contributed by atoms with Crippen LogP contribution in [-0.2, 0) is 15.9 Å². The number of imidazole rings is 1. The minimum absolute atomic E-state index is 0.0908. The molecule has 4 aromatic rings. The van der Waals surface area contributed by atoms with Gasteiger partial charge >= 0.3 is 0 Å². The van der Waals surface area contributed by atoms with Crippen molar-refractivity contribution in [1.29, 1.82) is 5.26 Å². The van der Waals surface area contributed by atoms with Gasteiger partial charge in [0.2, 0.25) is 0 Å².